The van der Waals surface area contributed by atoms with E-state index >= 15 is 0 Å². The molecule has 5 nitrogen and oxygen atoms in total. The molecule has 80 valence electrons. The van der Waals surface area contributed by atoms with Gasteiger partial charge in [0.25, 0.3) is 5.69 Å². The molecule has 0 bridgehead atoms. The summed E-state index contributed by atoms with van der Waals surface area (Å²) < 4.78 is 22.9. The molecule has 0 aromatic heterocycles. The average molecular weight is 227 g/mol. The minimum Gasteiger partial charge on any atom is -0.258 e. The molecule has 1 aromatic rings. The fraction of sp³-hybridized carbons (Fsp3) is 0.111. The Balaban J connectivity index is 3.09. The third-order valence-electron chi connectivity index (χ3n) is 1.74. The first-order valence-corrected chi connectivity index (χ1v) is 5.71. The molecule has 0 spiro atoms. The Morgan fingerprint density at radius 2 is 1.87 bits per heavy atom. The highest BCUT2D eigenvalue weighted by Crippen LogP contribution is 2.16. The number of sulfone groups is 1. The zero-order valence-electron chi connectivity index (χ0n) is 7.79. The Morgan fingerprint density at radius 3 is 2.27 bits per heavy atom. The van der Waals surface area contributed by atoms with Gasteiger partial charge in [-0.05, 0) is 12.1 Å². The minimum atomic E-state index is -3.39. The lowest BCUT2D eigenvalue weighted by atomic mass is 10.3. The van der Waals surface area contributed by atoms with E-state index in [1.807, 2.05) is 0 Å². The monoisotopic (exact) mass is 227 g/mol. The molecule has 1 aromatic carbocycles. The topological polar surface area (TPSA) is 77.3 Å². The van der Waals surface area contributed by atoms with Crippen LogP contribution in [0.3, 0.4) is 0 Å². The van der Waals surface area contributed by atoms with E-state index in [-0.39, 0.29) is 16.3 Å². The zero-order chi connectivity index (χ0) is 11.5. The maximum absolute atomic E-state index is 11.5. The molecule has 0 aliphatic carbocycles. The van der Waals surface area contributed by atoms with Crippen molar-refractivity contribution in [3.05, 3.63) is 47.0 Å². The molecule has 0 aliphatic heterocycles. The summed E-state index contributed by atoms with van der Waals surface area (Å²) in [4.78, 5) is 9.81. The third-order valence-corrected chi connectivity index (χ3v) is 3.41. The van der Waals surface area contributed by atoms with Gasteiger partial charge in [0.2, 0.25) is 0 Å². The van der Waals surface area contributed by atoms with Crippen LogP contribution in [0.2, 0.25) is 0 Å². The van der Waals surface area contributed by atoms with Crippen molar-refractivity contribution in [2.75, 3.05) is 5.75 Å². The first-order valence-electron chi connectivity index (χ1n) is 4.05. The second-order valence-electron chi connectivity index (χ2n) is 2.82. The van der Waals surface area contributed by atoms with Crippen molar-refractivity contribution < 1.29 is 13.3 Å². The summed E-state index contributed by atoms with van der Waals surface area (Å²) in [6.07, 6.45) is 1.27. The van der Waals surface area contributed by atoms with Crippen LogP contribution in [0.25, 0.3) is 0 Å². The SMILES string of the molecule is C=CCS(=O)(=O)c1ccc([N+](=O)[O-])cc1. The molecule has 0 unspecified atom stereocenters. The molecule has 1 rings (SSSR count). The first-order chi connectivity index (χ1) is 6.97. The van der Waals surface area contributed by atoms with Crippen LogP contribution in [0.4, 0.5) is 5.69 Å². The van der Waals surface area contributed by atoms with Crippen LogP contribution in [0.1, 0.15) is 0 Å². The molecule has 0 saturated carbocycles. The van der Waals surface area contributed by atoms with E-state index < -0.39 is 14.8 Å². The van der Waals surface area contributed by atoms with Gasteiger partial charge < -0.3 is 0 Å². The molecule has 0 saturated heterocycles. The Bertz CT molecular complexity index is 475. The highest BCUT2D eigenvalue weighted by Gasteiger charge is 2.13. The molecular formula is C9H9NO4S. The summed E-state index contributed by atoms with van der Waals surface area (Å²) in [5, 5.41) is 10.3. The van der Waals surface area contributed by atoms with Crippen LogP contribution in [-0.4, -0.2) is 19.1 Å². The Hall–Kier alpha value is -1.69. The molecule has 0 heterocycles. The van der Waals surface area contributed by atoms with Crippen LogP contribution < -0.4 is 0 Å². The number of hydrogen-bond donors (Lipinski definition) is 0. The van der Waals surface area contributed by atoms with E-state index in [4.69, 9.17) is 0 Å². The molecule has 0 amide bonds. The van der Waals surface area contributed by atoms with Crippen molar-refractivity contribution in [3.8, 4) is 0 Å². The zero-order valence-corrected chi connectivity index (χ0v) is 8.61. The average Bonchev–Trinajstić information content (AvgIpc) is 2.18. The molecule has 0 atom stereocenters. The van der Waals surface area contributed by atoms with Crippen molar-refractivity contribution in [1.82, 2.24) is 0 Å². The highest BCUT2D eigenvalue weighted by atomic mass is 32.2. The van der Waals surface area contributed by atoms with Crippen LogP contribution in [-0.2, 0) is 9.84 Å². The predicted molar refractivity (Wildman–Crippen MR) is 55.3 cm³/mol. The summed E-state index contributed by atoms with van der Waals surface area (Å²) in [6.45, 7) is 3.33. The Morgan fingerprint density at radius 1 is 1.33 bits per heavy atom. The summed E-state index contributed by atoms with van der Waals surface area (Å²) in [5.74, 6) is -0.176. The summed E-state index contributed by atoms with van der Waals surface area (Å²) in [6, 6.07) is 4.76. The quantitative estimate of drug-likeness (QED) is 0.444. The van der Waals surface area contributed by atoms with Gasteiger partial charge >= 0.3 is 0 Å². The maximum Gasteiger partial charge on any atom is 0.269 e. The molecule has 15 heavy (non-hydrogen) atoms. The number of nitrogens with zero attached hydrogens (tertiary/aromatic N) is 1. The van der Waals surface area contributed by atoms with Crippen molar-refractivity contribution in [2.24, 2.45) is 0 Å². The summed E-state index contributed by atoms with van der Waals surface area (Å²) in [7, 11) is -3.39. The molecule has 0 aliphatic rings. The fourth-order valence-corrected chi connectivity index (χ4v) is 2.08. The van der Waals surface area contributed by atoms with Crippen LogP contribution in [0.15, 0.2) is 41.8 Å². The van der Waals surface area contributed by atoms with Gasteiger partial charge in [0, 0.05) is 12.1 Å². The van der Waals surface area contributed by atoms with Gasteiger partial charge in [-0.1, -0.05) is 6.08 Å². The van der Waals surface area contributed by atoms with Gasteiger partial charge in [0.15, 0.2) is 9.84 Å². The summed E-state index contributed by atoms with van der Waals surface area (Å²) in [5.41, 5.74) is -0.132. The lowest BCUT2D eigenvalue weighted by molar-refractivity contribution is -0.384. The molecule has 0 fully saturated rings. The fourth-order valence-electron chi connectivity index (χ4n) is 1.03. The lowest BCUT2D eigenvalue weighted by Gasteiger charge is -2.00. The molecule has 6 heteroatoms. The smallest absolute Gasteiger partial charge is 0.258 e. The highest BCUT2D eigenvalue weighted by molar-refractivity contribution is 7.91. The summed E-state index contributed by atoms with van der Waals surface area (Å²) >= 11 is 0. The second kappa shape index (κ2) is 4.22. The van der Waals surface area contributed by atoms with Crippen LogP contribution >= 0.6 is 0 Å². The number of hydrogen-bond acceptors (Lipinski definition) is 4. The Kier molecular flexibility index (Phi) is 3.21. The molecular weight excluding hydrogens is 218 g/mol. The normalized spacial score (nSPS) is 10.9. The number of nitro benzene ring substituents is 1. The minimum absolute atomic E-state index is 0.0630. The van der Waals surface area contributed by atoms with E-state index in [1.165, 1.54) is 18.2 Å². The largest absolute Gasteiger partial charge is 0.269 e. The standard InChI is InChI=1S/C9H9NO4S/c1-2-7-15(13,14)9-5-3-8(4-6-9)10(11)12/h2-6H,1,7H2. The van der Waals surface area contributed by atoms with Crippen molar-refractivity contribution in [2.45, 2.75) is 4.90 Å². The lowest BCUT2D eigenvalue weighted by Crippen LogP contribution is -2.04. The first kappa shape index (κ1) is 11.4. The number of benzene rings is 1. The van der Waals surface area contributed by atoms with E-state index in [2.05, 4.69) is 6.58 Å². The Labute approximate surface area is 87.1 Å². The number of nitro groups is 1. The third kappa shape index (κ3) is 2.63. The van der Waals surface area contributed by atoms with Gasteiger partial charge in [-0.15, -0.1) is 6.58 Å². The van der Waals surface area contributed by atoms with E-state index in [1.54, 1.807) is 0 Å². The van der Waals surface area contributed by atoms with Crippen LogP contribution in [0.5, 0.6) is 0 Å². The molecule has 0 N–H and O–H groups in total. The number of non-ortho nitro benzene ring substituents is 1. The van der Waals surface area contributed by atoms with Gasteiger partial charge in [-0.3, -0.25) is 10.1 Å². The molecule has 0 radical (unpaired) electrons. The number of rotatable bonds is 4. The second-order valence-corrected chi connectivity index (χ2v) is 4.86. The van der Waals surface area contributed by atoms with Gasteiger partial charge in [0.1, 0.15) is 0 Å². The van der Waals surface area contributed by atoms with Gasteiger partial charge in [-0.2, -0.15) is 0 Å². The van der Waals surface area contributed by atoms with Crippen molar-refractivity contribution in [3.63, 3.8) is 0 Å². The van der Waals surface area contributed by atoms with Crippen LogP contribution in [0, 0.1) is 10.1 Å². The van der Waals surface area contributed by atoms with Gasteiger partial charge in [0.05, 0.1) is 15.6 Å². The van der Waals surface area contributed by atoms with Crippen molar-refractivity contribution >= 4 is 15.5 Å². The maximum atomic E-state index is 11.5. The van der Waals surface area contributed by atoms with E-state index in [0.29, 0.717) is 0 Å². The van der Waals surface area contributed by atoms with E-state index in [0.717, 1.165) is 12.1 Å². The van der Waals surface area contributed by atoms with Crippen molar-refractivity contribution in [1.29, 1.82) is 0 Å². The van der Waals surface area contributed by atoms with Gasteiger partial charge in [-0.25, -0.2) is 8.42 Å². The predicted octanol–water partition coefficient (Wildman–Crippen LogP) is 1.55. The van der Waals surface area contributed by atoms with E-state index in [9.17, 15) is 18.5 Å².